The Morgan fingerprint density at radius 3 is 2.56 bits per heavy atom. The summed E-state index contributed by atoms with van der Waals surface area (Å²) >= 11 is 7.19. The molecule has 0 spiro atoms. The molecule has 3 aromatic carbocycles. The quantitative estimate of drug-likeness (QED) is 0.181. The molecule has 1 saturated carbocycles. The summed E-state index contributed by atoms with van der Waals surface area (Å²) in [5, 5.41) is 0.757. The summed E-state index contributed by atoms with van der Waals surface area (Å²) < 4.78 is 13.8. The molecular weight excluding hydrogens is 687 g/mol. The van der Waals surface area contributed by atoms with Crippen molar-refractivity contribution >= 4 is 73.1 Å². The average Bonchev–Trinajstić information content (AvgIpc) is 3.23. The molecule has 1 heterocycles. The molecule has 0 unspecified atom stereocenters. The van der Waals surface area contributed by atoms with Crippen molar-refractivity contribution in [2.24, 2.45) is 10.9 Å². The van der Waals surface area contributed by atoms with Gasteiger partial charge in [-0.15, -0.1) is 0 Å². The molecule has 0 bridgehead atoms. The highest BCUT2D eigenvalue weighted by Gasteiger charge is 2.41. The summed E-state index contributed by atoms with van der Waals surface area (Å²) in [5.74, 6) is 1.79. The van der Waals surface area contributed by atoms with Crippen molar-refractivity contribution in [3.63, 3.8) is 0 Å². The van der Waals surface area contributed by atoms with Crippen molar-refractivity contribution < 1.29 is 14.3 Å². The summed E-state index contributed by atoms with van der Waals surface area (Å²) in [5.41, 5.74) is 2.81. The molecule has 202 valence electrons. The number of carbonyl (C=O) groups excluding carboxylic acids is 1. The fraction of sp³-hybridized carbons (Fsp3) is 0.290. The van der Waals surface area contributed by atoms with Gasteiger partial charge in [0, 0.05) is 10.5 Å². The fourth-order valence-electron chi connectivity index (χ4n) is 5.00. The molecule has 1 aliphatic carbocycles. The lowest BCUT2D eigenvalue weighted by molar-refractivity contribution is -0.124. The van der Waals surface area contributed by atoms with Crippen LogP contribution in [0.1, 0.15) is 43.7 Å². The lowest BCUT2D eigenvalue weighted by Crippen LogP contribution is -2.44. The highest BCUT2D eigenvalue weighted by atomic mass is 127. The van der Waals surface area contributed by atoms with Gasteiger partial charge in [0.05, 0.1) is 21.3 Å². The van der Waals surface area contributed by atoms with E-state index in [9.17, 15) is 4.79 Å². The largest absolute Gasteiger partial charge is 0.493 e. The molecule has 1 amide bonds. The van der Waals surface area contributed by atoms with Gasteiger partial charge in [0.15, 0.2) is 16.7 Å². The Hall–Kier alpha value is -2.30. The van der Waals surface area contributed by atoms with Gasteiger partial charge in [-0.05, 0) is 107 Å². The van der Waals surface area contributed by atoms with Crippen LogP contribution < -0.4 is 9.47 Å². The first kappa shape index (κ1) is 28.2. The molecule has 0 aromatic heterocycles. The topological polar surface area (TPSA) is 51.1 Å². The normalized spacial score (nSPS) is 21.5. The first-order chi connectivity index (χ1) is 18.9. The van der Waals surface area contributed by atoms with Gasteiger partial charge in [-0.25, -0.2) is 4.99 Å². The second kappa shape index (κ2) is 12.9. The molecule has 5 nitrogen and oxygen atoms in total. The van der Waals surface area contributed by atoms with E-state index in [4.69, 9.17) is 14.5 Å². The monoisotopic (exact) mass is 716 g/mol. The Morgan fingerprint density at radius 2 is 1.85 bits per heavy atom. The number of carbonyl (C=O) groups is 1. The first-order valence-electron chi connectivity index (χ1n) is 13.0. The number of thioether (sulfide) groups is 1. The van der Waals surface area contributed by atoms with Gasteiger partial charge in [-0.1, -0.05) is 66.0 Å². The highest BCUT2D eigenvalue weighted by molar-refractivity contribution is 14.1. The van der Waals surface area contributed by atoms with E-state index in [-0.39, 0.29) is 11.9 Å². The number of halogens is 2. The lowest BCUT2D eigenvalue weighted by Gasteiger charge is -2.35. The molecule has 0 N–H and O–H groups in total. The number of para-hydroxylation sites is 1. The number of ether oxygens (including phenoxy) is 2. The Morgan fingerprint density at radius 1 is 1.10 bits per heavy atom. The van der Waals surface area contributed by atoms with Crippen LogP contribution in [0.2, 0.25) is 0 Å². The molecule has 2 aliphatic rings. The zero-order valence-corrected chi connectivity index (χ0v) is 26.5. The predicted molar refractivity (Wildman–Crippen MR) is 172 cm³/mol. The van der Waals surface area contributed by atoms with E-state index >= 15 is 0 Å². The zero-order chi connectivity index (χ0) is 27.4. The van der Waals surface area contributed by atoms with E-state index in [1.54, 1.807) is 7.11 Å². The summed E-state index contributed by atoms with van der Waals surface area (Å²) in [6, 6.07) is 22.0. The predicted octanol–water partition coefficient (Wildman–Crippen LogP) is 8.82. The van der Waals surface area contributed by atoms with E-state index in [0.717, 1.165) is 49.3 Å². The summed E-state index contributed by atoms with van der Waals surface area (Å²) in [7, 11) is 1.64. The number of amides is 1. The Kier molecular flexibility index (Phi) is 9.35. The van der Waals surface area contributed by atoms with Crippen molar-refractivity contribution in [2.45, 2.75) is 45.3 Å². The maximum atomic E-state index is 13.8. The molecule has 2 atom stereocenters. The maximum Gasteiger partial charge on any atom is 0.267 e. The van der Waals surface area contributed by atoms with Crippen LogP contribution in [-0.4, -0.2) is 29.1 Å². The third kappa shape index (κ3) is 6.72. The number of methoxy groups -OCH3 is 1. The molecule has 1 aliphatic heterocycles. The second-order valence-corrected chi connectivity index (χ2v) is 12.9. The third-order valence-electron chi connectivity index (χ3n) is 7.06. The molecule has 39 heavy (non-hydrogen) atoms. The van der Waals surface area contributed by atoms with E-state index in [2.05, 4.69) is 45.4 Å². The molecule has 1 saturated heterocycles. The van der Waals surface area contributed by atoms with Crippen molar-refractivity contribution in [2.75, 3.05) is 7.11 Å². The minimum atomic E-state index is 0.0259. The van der Waals surface area contributed by atoms with Crippen molar-refractivity contribution in [3.8, 4) is 11.5 Å². The van der Waals surface area contributed by atoms with Crippen LogP contribution in [0.25, 0.3) is 6.08 Å². The minimum Gasteiger partial charge on any atom is -0.493 e. The first-order valence-corrected chi connectivity index (χ1v) is 15.7. The molecular formula is C31H30BrIN2O3S. The summed E-state index contributed by atoms with van der Waals surface area (Å²) in [6.07, 6.45) is 6.44. The molecule has 5 rings (SSSR count). The third-order valence-corrected chi connectivity index (χ3v) is 9.37. The van der Waals surface area contributed by atoms with Crippen molar-refractivity contribution in [1.82, 2.24) is 4.90 Å². The molecule has 3 aromatic rings. The van der Waals surface area contributed by atoms with Crippen LogP contribution in [0.4, 0.5) is 5.69 Å². The van der Waals surface area contributed by atoms with Crippen LogP contribution in [-0.2, 0) is 11.4 Å². The minimum absolute atomic E-state index is 0.0259. The number of amidine groups is 1. The Bertz CT molecular complexity index is 1390. The number of rotatable bonds is 7. The van der Waals surface area contributed by atoms with Gasteiger partial charge >= 0.3 is 0 Å². The number of hydrogen-bond donors (Lipinski definition) is 0. The zero-order valence-electron chi connectivity index (χ0n) is 21.9. The van der Waals surface area contributed by atoms with Gasteiger partial charge in [-0.2, -0.15) is 0 Å². The maximum absolute atomic E-state index is 13.8. The van der Waals surface area contributed by atoms with E-state index < -0.39 is 0 Å². The van der Waals surface area contributed by atoms with E-state index in [1.807, 2.05) is 77.7 Å². The van der Waals surface area contributed by atoms with E-state index in [1.165, 1.54) is 18.2 Å². The summed E-state index contributed by atoms with van der Waals surface area (Å²) in [4.78, 5) is 21.4. The summed E-state index contributed by atoms with van der Waals surface area (Å²) in [6.45, 7) is 2.69. The average molecular weight is 717 g/mol. The van der Waals surface area contributed by atoms with Crippen LogP contribution in [0.3, 0.4) is 0 Å². The van der Waals surface area contributed by atoms with Crippen molar-refractivity contribution in [1.29, 1.82) is 0 Å². The van der Waals surface area contributed by atoms with Gasteiger partial charge in [0.2, 0.25) is 0 Å². The second-order valence-electron chi connectivity index (χ2n) is 9.79. The van der Waals surface area contributed by atoms with Crippen LogP contribution in [0.15, 0.2) is 81.1 Å². The van der Waals surface area contributed by atoms with Crippen LogP contribution >= 0.6 is 50.3 Å². The molecule has 8 heteroatoms. The lowest BCUT2D eigenvalue weighted by atomic mass is 9.85. The number of hydrogen-bond acceptors (Lipinski definition) is 5. The Balaban J connectivity index is 1.44. The van der Waals surface area contributed by atoms with Gasteiger partial charge in [0.1, 0.15) is 6.61 Å². The standard InChI is InChI=1S/C31H30BrIN2O3S/c1-20-8-6-7-11-26(20)35-30(36)28(39-31(35)34-24-9-4-3-5-10-24)18-22-16-25(33)29(27(17-22)37-2)38-19-21-12-14-23(32)15-13-21/h3-5,9-10,12-18,20,26H,6-8,11,19H2,1-2H3/b28-18-,34-31?/t20-,26-/m1/s1. The Labute approximate surface area is 256 Å². The fourth-order valence-corrected chi connectivity index (χ4v) is 7.09. The van der Waals surface area contributed by atoms with Crippen LogP contribution in [0.5, 0.6) is 11.5 Å². The highest BCUT2D eigenvalue weighted by Crippen LogP contribution is 2.41. The molecule has 0 radical (unpaired) electrons. The van der Waals surface area contributed by atoms with Crippen LogP contribution in [0, 0.1) is 9.49 Å². The van der Waals surface area contributed by atoms with Gasteiger partial charge < -0.3 is 9.47 Å². The molecule has 2 fully saturated rings. The number of benzene rings is 3. The van der Waals surface area contributed by atoms with E-state index in [0.29, 0.717) is 28.9 Å². The number of nitrogens with zero attached hydrogens (tertiary/aromatic N) is 2. The van der Waals surface area contributed by atoms with Gasteiger partial charge in [0.25, 0.3) is 5.91 Å². The smallest absolute Gasteiger partial charge is 0.267 e. The van der Waals surface area contributed by atoms with Crippen molar-refractivity contribution in [3.05, 3.63) is 90.8 Å². The van der Waals surface area contributed by atoms with Gasteiger partial charge in [-0.3, -0.25) is 9.69 Å². The SMILES string of the molecule is COc1cc(/C=C2\SC(=Nc3ccccc3)N([C@@H]3CCCC[C@H]3C)C2=O)cc(I)c1OCc1ccc(Br)cc1. The number of aliphatic imine (C=N–C) groups is 1.